The van der Waals surface area contributed by atoms with Crippen molar-refractivity contribution in [3.63, 3.8) is 0 Å². The van der Waals surface area contributed by atoms with Gasteiger partial charge in [0.05, 0.1) is 0 Å². The summed E-state index contributed by atoms with van der Waals surface area (Å²) in [5.41, 5.74) is 8.66. The van der Waals surface area contributed by atoms with Gasteiger partial charge in [0.25, 0.3) is 0 Å². The molecule has 2 aromatic rings. The molecule has 0 radical (unpaired) electrons. The van der Waals surface area contributed by atoms with Gasteiger partial charge >= 0.3 is 0 Å². The molecule has 0 amide bonds. The number of aromatic amines is 1. The Morgan fingerprint density at radius 3 is 2.87 bits per heavy atom. The molecule has 4 N–H and O–H groups in total. The molecule has 1 atom stereocenters. The molecular formula is C12H16N2O. The van der Waals surface area contributed by atoms with Crippen molar-refractivity contribution >= 4 is 10.9 Å². The highest BCUT2D eigenvalue weighted by Crippen LogP contribution is 2.29. The lowest BCUT2D eigenvalue weighted by molar-refractivity contribution is 0.472. The molecule has 0 saturated heterocycles. The number of hydrogen-bond donors (Lipinski definition) is 3. The van der Waals surface area contributed by atoms with E-state index in [4.69, 9.17) is 5.73 Å². The zero-order chi connectivity index (χ0) is 11.0. The van der Waals surface area contributed by atoms with Gasteiger partial charge in [-0.1, -0.05) is 6.07 Å². The van der Waals surface area contributed by atoms with Crippen LogP contribution in [0.2, 0.25) is 0 Å². The third-order valence-corrected chi connectivity index (χ3v) is 2.54. The smallest absolute Gasteiger partial charge is 0.128 e. The fraction of sp³-hybridized carbons (Fsp3) is 0.333. The number of nitrogens with one attached hydrogen (secondary N) is 1. The number of hydrogen-bond acceptors (Lipinski definition) is 2. The van der Waals surface area contributed by atoms with E-state index in [-0.39, 0.29) is 6.04 Å². The van der Waals surface area contributed by atoms with E-state index < -0.39 is 0 Å². The zero-order valence-corrected chi connectivity index (χ0v) is 9.04. The lowest BCUT2D eigenvalue weighted by Crippen LogP contribution is -2.17. The van der Waals surface area contributed by atoms with Crippen molar-refractivity contribution in [2.75, 3.05) is 0 Å². The van der Waals surface area contributed by atoms with Gasteiger partial charge in [-0.15, -0.1) is 0 Å². The molecule has 1 unspecified atom stereocenters. The predicted molar refractivity (Wildman–Crippen MR) is 62.1 cm³/mol. The van der Waals surface area contributed by atoms with Crippen LogP contribution in [0.4, 0.5) is 0 Å². The largest absolute Gasteiger partial charge is 0.507 e. The Balaban J connectivity index is 2.54. The molecule has 3 nitrogen and oxygen atoms in total. The molecule has 0 aliphatic heterocycles. The molecule has 0 fully saturated rings. The molecule has 0 aliphatic rings. The number of H-pyrrole nitrogens is 1. The number of nitrogens with two attached hydrogens (primary N) is 1. The van der Waals surface area contributed by atoms with Crippen molar-refractivity contribution in [3.8, 4) is 5.75 Å². The number of phenolic OH excluding ortho intramolecular Hbond substituents is 1. The van der Waals surface area contributed by atoms with E-state index in [1.165, 1.54) is 0 Å². The molecule has 80 valence electrons. The van der Waals surface area contributed by atoms with E-state index in [1.54, 1.807) is 0 Å². The second-order valence-corrected chi connectivity index (χ2v) is 4.17. The first-order valence-electron chi connectivity index (χ1n) is 5.13. The van der Waals surface area contributed by atoms with Gasteiger partial charge in [0, 0.05) is 22.6 Å². The SMILES string of the molecule is Cc1cc2c(O)c(CC(C)N)ccc2[nH]1. The second-order valence-electron chi connectivity index (χ2n) is 4.17. The van der Waals surface area contributed by atoms with Crippen LogP contribution in [0.5, 0.6) is 5.75 Å². The van der Waals surface area contributed by atoms with Crippen molar-refractivity contribution in [3.05, 3.63) is 29.5 Å². The molecule has 0 aliphatic carbocycles. The molecule has 0 spiro atoms. The van der Waals surface area contributed by atoms with E-state index in [0.717, 1.165) is 22.2 Å². The van der Waals surface area contributed by atoms with Crippen LogP contribution in [0.25, 0.3) is 10.9 Å². The lowest BCUT2D eigenvalue weighted by atomic mass is 10.0. The van der Waals surface area contributed by atoms with E-state index >= 15 is 0 Å². The van der Waals surface area contributed by atoms with Gasteiger partial charge in [-0.2, -0.15) is 0 Å². The minimum atomic E-state index is 0.0633. The van der Waals surface area contributed by atoms with E-state index in [1.807, 2.05) is 32.0 Å². The predicted octanol–water partition coefficient (Wildman–Crippen LogP) is 2.07. The summed E-state index contributed by atoms with van der Waals surface area (Å²) in [6.07, 6.45) is 0.700. The Morgan fingerprint density at radius 2 is 2.20 bits per heavy atom. The lowest BCUT2D eigenvalue weighted by Gasteiger charge is -2.07. The summed E-state index contributed by atoms with van der Waals surface area (Å²) in [6, 6.07) is 5.93. The summed E-state index contributed by atoms with van der Waals surface area (Å²) in [5, 5.41) is 10.9. The van der Waals surface area contributed by atoms with Crippen LogP contribution in [0.3, 0.4) is 0 Å². The Hall–Kier alpha value is -1.48. The van der Waals surface area contributed by atoms with Gasteiger partial charge in [0.2, 0.25) is 0 Å². The average Bonchev–Trinajstić information content (AvgIpc) is 2.51. The van der Waals surface area contributed by atoms with Crippen LogP contribution in [0.1, 0.15) is 18.2 Å². The third-order valence-electron chi connectivity index (χ3n) is 2.54. The van der Waals surface area contributed by atoms with Crippen LogP contribution in [-0.4, -0.2) is 16.1 Å². The average molecular weight is 204 g/mol. The molecule has 0 saturated carbocycles. The molecule has 3 heteroatoms. The van der Waals surface area contributed by atoms with Crippen molar-refractivity contribution < 1.29 is 5.11 Å². The highest BCUT2D eigenvalue weighted by Gasteiger charge is 2.09. The Bertz CT molecular complexity index is 486. The zero-order valence-electron chi connectivity index (χ0n) is 9.04. The highest BCUT2D eigenvalue weighted by atomic mass is 16.3. The van der Waals surface area contributed by atoms with E-state index in [9.17, 15) is 5.11 Å². The fourth-order valence-corrected chi connectivity index (χ4v) is 1.88. The summed E-state index contributed by atoms with van der Waals surface area (Å²) in [6.45, 7) is 3.91. The second kappa shape index (κ2) is 3.59. The van der Waals surface area contributed by atoms with Crippen LogP contribution in [0, 0.1) is 6.92 Å². The van der Waals surface area contributed by atoms with Gasteiger partial charge in [-0.05, 0) is 38.0 Å². The minimum Gasteiger partial charge on any atom is -0.507 e. The normalized spacial score (nSPS) is 13.3. The van der Waals surface area contributed by atoms with Crippen LogP contribution in [-0.2, 0) is 6.42 Å². The number of fused-ring (bicyclic) bond motifs is 1. The Kier molecular flexibility index (Phi) is 2.40. The minimum absolute atomic E-state index is 0.0633. The van der Waals surface area contributed by atoms with Gasteiger partial charge in [0.1, 0.15) is 5.75 Å². The summed E-state index contributed by atoms with van der Waals surface area (Å²) in [4.78, 5) is 3.19. The molecule has 1 aromatic heterocycles. The highest BCUT2D eigenvalue weighted by molar-refractivity contribution is 5.87. The van der Waals surface area contributed by atoms with Crippen LogP contribution in [0.15, 0.2) is 18.2 Å². The van der Waals surface area contributed by atoms with Gasteiger partial charge in [-0.25, -0.2) is 0 Å². The standard InChI is InChI=1S/C12H16N2O/c1-7(13)5-9-3-4-11-10(12(9)15)6-8(2)14-11/h3-4,6-7,14-15H,5,13H2,1-2H3. The maximum absolute atomic E-state index is 10.0. The Morgan fingerprint density at radius 1 is 1.47 bits per heavy atom. The first-order chi connectivity index (χ1) is 7.08. The number of benzene rings is 1. The van der Waals surface area contributed by atoms with E-state index in [2.05, 4.69) is 4.98 Å². The summed E-state index contributed by atoms with van der Waals surface area (Å²) >= 11 is 0. The summed E-state index contributed by atoms with van der Waals surface area (Å²) in [7, 11) is 0. The molecule has 2 rings (SSSR count). The number of aromatic nitrogens is 1. The number of phenols is 1. The van der Waals surface area contributed by atoms with Gasteiger partial charge < -0.3 is 15.8 Å². The van der Waals surface area contributed by atoms with Crippen LogP contribution >= 0.6 is 0 Å². The Labute approximate surface area is 88.9 Å². The molecular weight excluding hydrogens is 188 g/mol. The first kappa shape index (κ1) is 10.1. The summed E-state index contributed by atoms with van der Waals surface area (Å²) < 4.78 is 0. The first-order valence-corrected chi connectivity index (χ1v) is 5.13. The molecule has 0 bridgehead atoms. The molecule has 1 heterocycles. The quantitative estimate of drug-likeness (QED) is 0.701. The maximum Gasteiger partial charge on any atom is 0.128 e. The van der Waals surface area contributed by atoms with E-state index in [0.29, 0.717) is 12.2 Å². The van der Waals surface area contributed by atoms with Gasteiger partial charge in [0.15, 0.2) is 0 Å². The summed E-state index contributed by atoms with van der Waals surface area (Å²) in [5.74, 6) is 0.356. The fourth-order valence-electron chi connectivity index (χ4n) is 1.88. The monoisotopic (exact) mass is 204 g/mol. The van der Waals surface area contributed by atoms with Crippen molar-refractivity contribution in [2.24, 2.45) is 5.73 Å². The third kappa shape index (κ3) is 1.83. The maximum atomic E-state index is 10.0. The van der Waals surface area contributed by atoms with Crippen molar-refractivity contribution in [2.45, 2.75) is 26.3 Å². The molecule has 1 aromatic carbocycles. The van der Waals surface area contributed by atoms with Crippen molar-refractivity contribution in [1.82, 2.24) is 4.98 Å². The number of aromatic hydroxyl groups is 1. The topological polar surface area (TPSA) is 62.0 Å². The van der Waals surface area contributed by atoms with Gasteiger partial charge in [-0.3, -0.25) is 0 Å². The number of aryl methyl sites for hydroxylation is 1. The number of rotatable bonds is 2. The van der Waals surface area contributed by atoms with Crippen LogP contribution < -0.4 is 5.73 Å². The molecule has 15 heavy (non-hydrogen) atoms. The van der Waals surface area contributed by atoms with Crippen molar-refractivity contribution in [1.29, 1.82) is 0 Å².